The summed E-state index contributed by atoms with van der Waals surface area (Å²) in [7, 11) is 0. The van der Waals surface area contributed by atoms with Gasteiger partial charge in [-0.2, -0.15) is 0 Å². The number of carbonyl (C=O) groups is 1. The molecule has 1 aliphatic rings. The van der Waals surface area contributed by atoms with Crippen LogP contribution >= 0.6 is 0 Å². The molecule has 112 valence electrons. The summed E-state index contributed by atoms with van der Waals surface area (Å²) in [5, 5.41) is 28.6. The maximum absolute atomic E-state index is 11.0. The summed E-state index contributed by atoms with van der Waals surface area (Å²) in [4.78, 5) is 11.0. The van der Waals surface area contributed by atoms with Gasteiger partial charge in [0.05, 0.1) is 12.8 Å². The first-order valence-electron chi connectivity index (χ1n) is 6.79. The smallest absolute Gasteiger partial charge is 0.405 e. The minimum absolute atomic E-state index is 0.119. The van der Waals surface area contributed by atoms with Crippen LogP contribution in [0.1, 0.15) is 39.3 Å². The van der Waals surface area contributed by atoms with E-state index in [0.29, 0.717) is 18.2 Å². The van der Waals surface area contributed by atoms with Crippen molar-refractivity contribution in [1.82, 2.24) is 20.3 Å². The third-order valence-corrected chi connectivity index (χ3v) is 4.97. The zero-order valence-corrected chi connectivity index (χ0v) is 12.1. The fourth-order valence-electron chi connectivity index (χ4n) is 3.10. The second-order valence-corrected chi connectivity index (χ2v) is 6.31. The van der Waals surface area contributed by atoms with Crippen LogP contribution in [-0.4, -0.2) is 36.8 Å². The first-order chi connectivity index (χ1) is 9.28. The summed E-state index contributed by atoms with van der Waals surface area (Å²) in [5.74, 6) is 0.299. The molecule has 7 nitrogen and oxygen atoms in total. The SMILES string of the molecule is CC1(C)[C@@H](Cn2cc(CO)nn2)CC[C@@]1(C)NC(=O)O. The molecule has 1 aliphatic carbocycles. The number of hydrogen-bond donors (Lipinski definition) is 3. The van der Waals surface area contributed by atoms with Gasteiger partial charge in [0.1, 0.15) is 5.69 Å². The Bertz CT molecular complexity index is 500. The maximum atomic E-state index is 11.0. The van der Waals surface area contributed by atoms with Gasteiger partial charge in [-0.1, -0.05) is 19.1 Å². The number of rotatable bonds is 4. The minimum Gasteiger partial charge on any atom is -0.465 e. The molecular formula is C13H22N4O3. The molecule has 0 radical (unpaired) electrons. The van der Waals surface area contributed by atoms with Gasteiger partial charge >= 0.3 is 6.09 Å². The Morgan fingerprint density at radius 3 is 2.80 bits per heavy atom. The highest BCUT2D eigenvalue weighted by atomic mass is 16.4. The molecule has 1 heterocycles. The lowest BCUT2D eigenvalue weighted by Gasteiger charge is -2.41. The van der Waals surface area contributed by atoms with Crippen molar-refractivity contribution in [3.63, 3.8) is 0 Å². The van der Waals surface area contributed by atoms with Gasteiger partial charge in [-0.05, 0) is 31.1 Å². The monoisotopic (exact) mass is 282 g/mol. The Hall–Kier alpha value is -1.63. The Kier molecular flexibility index (Phi) is 3.73. The molecular weight excluding hydrogens is 260 g/mol. The van der Waals surface area contributed by atoms with Crippen LogP contribution in [0.4, 0.5) is 4.79 Å². The van der Waals surface area contributed by atoms with Crippen LogP contribution in [0.5, 0.6) is 0 Å². The predicted molar refractivity (Wildman–Crippen MR) is 72.0 cm³/mol. The van der Waals surface area contributed by atoms with E-state index in [4.69, 9.17) is 10.2 Å². The van der Waals surface area contributed by atoms with E-state index in [1.54, 1.807) is 10.9 Å². The lowest BCUT2D eigenvalue weighted by molar-refractivity contribution is 0.106. The van der Waals surface area contributed by atoms with Crippen LogP contribution in [0.3, 0.4) is 0 Å². The van der Waals surface area contributed by atoms with Gasteiger partial charge in [-0.15, -0.1) is 5.10 Å². The molecule has 1 aromatic rings. The van der Waals surface area contributed by atoms with E-state index in [1.165, 1.54) is 0 Å². The number of carboxylic acid groups (broad SMARTS) is 1. The summed E-state index contributed by atoms with van der Waals surface area (Å²) in [6.45, 7) is 6.69. The van der Waals surface area contributed by atoms with Crippen LogP contribution in [0, 0.1) is 11.3 Å². The first-order valence-corrected chi connectivity index (χ1v) is 6.79. The van der Waals surface area contributed by atoms with Crippen molar-refractivity contribution in [2.75, 3.05) is 0 Å². The molecule has 0 spiro atoms. The second-order valence-electron chi connectivity index (χ2n) is 6.31. The molecule has 1 saturated carbocycles. The van der Waals surface area contributed by atoms with Crippen LogP contribution in [-0.2, 0) is 13.2 Å². The lowest BCUT2D eigenvalue weighted by atomic mass is 9.71. The van der Waals surface area contributed by atoms with Crippen LogP contribution in [0.15, 0.2) is 6.20 Å². The molecule has 2 atom stereocenters. The zero-order chi connectivity index (χ0) is 15.0. The molecule has 1 aromatic heterocycles. The Labute approximate surface area is 118 Å². The number of amides is 1. The number of hydrogen-bond acceptors (Lipinski definition) is 4. The highest BCUT2D eigenvalue weighted by Gasteiger charge is 2.52. The number of aliphatic hydroxyl groups excluding tert-OH is 1. The maximum Gasteiger partial charge on any atom is 0.405 e. The fourth-order valence-corrected chi connectivity index (χ4v) is 3.10. The Balaban J connectivity index is 2.12. The Morgan fingerprint density at radius 1 is 1.55 bits per heavy atom. The van der Waals surface area contributed by atoms with Crippen LogP contribution in [0.25, 0.3) is 0 Å². The summed E-state index contributed by atoms with van der Waals surface area (Å²) in [6, 6.07) is 0. The molecule has 0 unspecified atom stereocenters. The molecule has 1 amide bonds. The molecule has 3 N–H and O–H groups in total. The highest BCUT2D eigenvalue weighted by Crippen LogP contribution is 2.50. The highest BCUT2D eigenvalue weighted by molar-refractivity contribution is 5.65. The summed E-state index contributed by atoms with van der Waals surface area (Å²) in [6.07, 6.45) is 2.48. The number of nitrogens with zero attached hydrogens (tertiary/aromatic N) is 3. The topological polar surface area (TPSA) is 100 Å². The Morgan fingerprint density at radius 2 is 2.25 bits per heavy atom. The van der Waals surface area contributed by atoms with Gasteiger partial charge in [0.2, 0.25) is 0 Å². The molecule has 2 rings (SSSR count). The number of nitrogens with one attached hydrogen (secondary N) is 1. The fraction of sp³-hybridized carbons (Fsp3) is 0.769. The van der Waals surface area contributed by atoms with Crippen molar-refractivity contribution in [1.29, 1.82) is 0 Å². The van der Waals surface area contributed by atoms with Gasteiger partial charge in [0.25, 0.3) is 0 Å². The zero-order valence-electron chi connectivity index (χ0n) is 12.1. The molecule has 0 aliphatic heterocycles. The largest absolute Gasteiger partial charge is 0.465 e. The molecule has 20 heavy (non-hydrogen) atoms. The first kappa shape index (κ1) is 14.8. The van der Waals surface area contributed by atoms with Crippen molar-refractivity contribution in [3.8, 4) is 0 Å². The summed E-state index contributed by atoms with van der Waals surface area (Å²) >= 11 is 0. The van der Waals surface area contributed by atoms with Crippen LogP contribution in [0.2, 0.25) is 0 Å². The van der Waals surface area contributed by atoms with Crippen molar-refractivity contribution >= 4 is 6.09 Å². The number of aliphatic hydroxyl groups is 1. The van der Waals surface area contributed by atoms with E-state index < -0.39 is 11.6 Å². The lowest BCUT2D eigenvalue weighted by Crippen LogP contribution is -2.54. The van der Waals surface area contributed by atoms with E-state index >= 15 is 0 Å². The van der Waals surface area contributed by atoms with E-state index in [1.807, 2.05) is 6.92 Å². The molecule has 1 fully saturated rings. The second kappa shape index (κ2) is 5.05. The van der Waals surface area contributed by atoms with Crippen molar-refractivity contribution < 1.29 is 15.0 Å². The van der Waals surface area contributed by atoms with E-state index in [0.717, 1.165) is 12.8 Å². The predicted octanol–water partition coefficient (Wildman–Crippen LogP) is 1.23. The van der Waals surface area contributed by atoms with Gasteiger partial charge < -0.3 is 15.5 Å². The molecule has 7 heteroatoms. The molecule has 0 saturated heterocycles. The minimum atomic E-state index is -0.982. The molecule has 0 bridgehead atoms. The van der Waals surface area contributed by atoms with Crippen LogP contribution < -0.4 is 5.32 Å². The van der Waals surface area contributed by atoms with Gasteiger partial charge in [-0.3, -0.25) is 4.68 Å². The van der Waals surface area contributed by atoms with Crippen molar-refractivity contribution in [2.45, 2.75) is 52.3 Å². The average molecular weight is 282 g/mol. The third kappa shape index (κ3) is 2.49. The van der Waals surface area contributed by atoms with E-state index in [9.17, 15) is 4.79 Å². The van der Waals surface area contributed by atoms with Gasteiger partial charge in [-0.25, -0.2) is 4.79 Å². The standard InChI is InChI=1S/C13H22N4O3/c1-12(2)9(4-5-13(12,3)14-11(19)20)6-17-7-10(8-18)15-16-17/h7,9,14,18H,4-6,8H2,1-3H3,(H,19,20)/t9-,13-/m1/s1. The van der Waals surface area contributed by atoms with Gasteiger partial charge in [0, 0.05) is 12.1 Å². The van der Waals surface area contributed by atoms with E-state index in [-0.39, 0.29) is 12.0 Å². The van der Waals surface area contributed by atoms with Crippen molar-refractivity contribution in [2.24, 2.45) is 11.3 Å². The number of aromatic nitrogens is 3. The van der Waals surface area contributed by atoms with Crippen molar-refractivity contribution in [3.05, 3.63) is 11.9 Å². The summed E-state index contributed by atoms with van der Waals surface area (Å²) in [5.41, 5.74) is -0.0760. The normalized spacial score (nSPS) is 28.5. The quantitative estimate of drug-likeness (QED) is 0.771. The molecule has 0 aromatic carbocycles. The third-order valence-electron chi connectivity index (χ3n) is 4.97. The van der Waals surface area contributed by atoms with Gasteiger partial charge in [0.15, 0.2) is 0 Å². The van der Waals surface area contributed by atoms with E-state index in [2.05, 4.69) is 29.5 Å². The summed E-state index contributed by atoms with van der Waals surface area (Å²) < 4.78 is 1.73. The average Bonchev–Trinajstić information content (AvgIpc) is 2.87.